The number of carbonyl (C=O) groups excluding carboxylic acids is 1. The highest BCUT2D eigenvalue weighted by atomic mass is 16.6. The Bertz CT molecular complexity index is 815. The number of carbonyl (C=O) groups is 1. The normalized spacial score (nSPS) is 12.1. The molecule has 196 valence electrons. The minimum atomic E-state index is -0.122. The Morgan fingerprint density at radius 1 is 0.886 bits per heavy atom. The molecule has 1 atom stereocenters. The maximum atomic E-state index is 12.3. The van der Waals surface area contributed by atoms with Crippen LogP contribution < -0.4 is 11.1 Å². The van der Waals surface area contributed by atoms with E-state index in [0.717, 1.165) is 11.1 Å². The van der Waals surface area contributed by atoms with Crippen molar-refractivity contribution in [3.8, 4) is 0 Å². The molecule has 0 aliphatic heterocycles. The van der Waals surface area contributed by atoms with Crippen LogP contribution >= 0.6 is 0 Å². The van der Waals surface area contributed by atoms with Crippen LogP contribution in [0.1, 0.15) is 34.5 Å². The summed E-state index contributed by atoms with van der Waals surface area (Å²) in [5.41, 5.74) is 8.15. The number of aryl methyl sites for hydroxylation is 1. The van der Waals surface area contributed by atoms with E-state index in [4.69, 9.17) is 29.4 Å². The van der Waals surface area contributed by atoms with Crippen molar-refractivity contribution in [2.24, 2.45) is 5.73 Å². The number of nitrogens with zero attached hydrogens (tertiary/aromatic N) is 2. The summed E-state index contributed by atoms with van der Waals surface area (Å²) >= 11 is 0. The third kappa shape index (κ3) is 12.3. The number of aromatic nitrogens is 2. The molecule has 1 unspecified atom stereocenters. The number of hydrogen-bond acceptors (Lipinski definition) is 8. The van der Waals surface area contributed by atoms with Gasteiger partial charge in [0.25, 0.3) is 5.91 Å². The molecule has 0 saturated carbocycles. The summed E-state index contributed by atoms with van der Waals surface area (Å²) in [6.07, 6.45) is 3.84. The summed E-state index contributed by atoms with van der Waals surface area (Å²) in [5, 5.41) is 7.22. The van der Waals surface area contributed by atoms with E-state index in [1.807, 2.05) is 48.3 Å². The van der Waals surface area contributed by atoms with Crippen LogP contribution in [-0.4, -0.2) is 94.8 Å². The molecule has 3 N–H and O–H groups in total. The minimum Gasteiger partial charge on any atom is -0.378 e. The van der Waals surface area contributed by atoms with Crippen LogP contribution in [0.2, 0.25) is 0 Å². The topological polar surface area (TPSA) is 119 Å². The lowest BCUT2D eigenvalue weighted by atomic mass is 10.1. The zero-order chi connectivity index (χ0) is 25.1. The van der Waals surface area contributed by atoms with E-state index >= 15 is 0 Å². The number of benzene rings is 1. The Balaban J connectivity index is 1.42. The molecule has 1 amide bonds. The first-order valence-electron chi connectivity index (χ1n) is 12.1. The molecule has 1 aromatic heterocycles. The molecule has 1 aromatic carbocycles. The van der Waals surface area contributed by atoms with Crippen molar-refractivity contribution in [3.63, 3.8) is 0 Å². The molecule has 0 saturated heterocycles. The smallest absolute Gasteiger partial charge is 0.251 e. The third-order valence-electron chi connectivity index (χ3n) is 5.06. The highest BCUT2D eigenvalue weighted by Gasteiger charge is 2.10. The Morgan fingerprint density at radius 3 is 1.89 bits per heavy atom. The Labute approximate surface area is 208 Å². The fraction of sp³-hybridized carbons (Fsp3) is 0.600. The summed E-state index contributed by atoms with van der Waals surface area (Å²) in [4.78, 5) is 12.3. The number of hydrogen-bond donors (Lipinski definition) is 2. The Morgan fingerprint density at radius 2 is 1.40 bits per heavy atom. The summed E-state index contributed by atoms with van der Waals surface area (Å²) in [5.74, 6) is -0.122. The van der Waals surface area contributed by atoms with Crippen LogP contribution in [-0.2, 0) is 23.7 Å². The van der Waals surface area contributed by atoms with Crippen molar-refractivity contribution >= 4 is 5.91 Å². The number of nitrogens with two attached hydrogens (primary N) is 1. The zero-order valence-corrected chi connectivity index (χ0v) is 20.9. The molecule has 2 rings (SSSR count). The van der Waals surface area contributed by atoms with Gasteiger partial charge in [0.05, 0.1) is 78.3 Å². The first kappa shape index (κ1) is 28.9. The maximum Gasteiger partial charge on any atom is 0.251 e. The standard InChI is InChI=1S/C25H40N4O6/c1-21-19-28-29(20-21)22(2)23-3-5-24(6-4-23)25(30)27-8-10-32-12-14-34-16-18-35-17-15-33-13-11-31-9-7-26/h3-6,19-20,22H,7-18,26H2,1-2H3,(H,27,30). The van der Waals surface area contributed by atoms with Crippen molar-refractivity contribution in [1.82, 2.24) is 15.1 Å². The molecule has 2 aromatic rings. The van der Waals surface area contributed by atoms with Gasteiger partial charge in [-0.3, -0.25) is 9.48 Å². The minimum absolute atomic E-state index is 0.106. The number of rotatable bonds is 20. The molecule has 0 spiro atoms. The van der Waals surface area contributed by atoms with Crippen molar-refractivity contribution in [2.75, 3.05) is 79.2 Å². The van der Waals surface area contributed by atoms with Crippen LogP contribution in [0.3, 0.4) is 0 Å². The van der Waals surface area contributed by atoms with Gasteiger partial charge < -0.3 is 34.7 Å². The summed E-state index contributed by atoms with van der Waals surface area (Å²) in [6, 6.07) is 7.69. The lowest BCUT2D eigenvalue weighted by Gasteiger charge is -2.13. The molecular weight excluding hydrogens is 452 g/mol. The molecule has 10 nitrogen and oxygen atoms in total. The number of amides is 1. The van der Waals surface area contributed by atoms with Gasteiger partial charge >= 0.3 is 0 Å². The van der Waals surface area contributed by atoms with Gasteiger partial charge in [0.1, 0.15) is 0 Å². The van der Waals surface area contributed by atoms with Crippen LogP contribution in [0.5, 0.6) is 0 Å². The second-order valence-electron chi connectivity index (χ2n) is 7.90. The van der Waals surface area contributed by atoms with Gasteiger partial charge in [-0.15, -0.1) is 0 Å². The molecule has 0 aliphatic carbocycles. The van der Waals surface area contributed by atoms with Crippen LogP contribution in [0.25, 0.3) is 0 Å². The second kappa shape index (κ2) is 18.0. The van der Waals surface area contributed by atoms with E-state index in [2.05, 4.69) is 17.3 Å². The SMILES string of the molecule is Cc1cnn(C(C)c2ccc(C(=O)NCCOCCOCCOCCOCCOCCN)cc2)c1. The average Bonchev–Trinajstić information content (AvgIpc) is 3.31. The molecule has 0 radical (unpaired) electrons. The van der Waals surface area contributed by atoms with E-state index in [-0.39, 0.29) is 11.9 Å². The van der Waals surface area contributed by atoms with E-state index in [1.165, 1.54) is 0 Å². The summed E-state index contributed by atoms with van der Waals surface area (Å²) < 4.78 is 28.8. The van der Waals surface area contributed by atoms with E-state index in [1.54, 1.807) is 0 Å². The summed E-state index contributed by atoms with van der Waals surface area (Å²) in [7, 11) is 0. The van der Waals surface area contributed by atoms with Crippen molar-refractivity contribution in [1.29, 1.82) is 0 Å². The van der Waals surface area contributed by atoms with Gasteiger partial charge in [0, 0.05) is 24.8 Å². The largest absolute Gasteiger partial charge is 0.378 e. The van der Waals surface area contributed by atoms with Gasteiger partial charge in [-0.25, -0.2) is 0 Å². The quantitative estimate of drug-likeness (QED) is 0.267. The second-order valence-corrected chi connectivity index (χ2v) is 7.90. The van der Waals surface area contributed by atoms with Gasteiger partial charge in [-0.05, 0) is 37.1 Å². The van der Waals surface area contributed by atoms with Crippen molar-refractivity contribution < 1.29 is 28.5 Å². The van der Waals surface area contributed by atoms with Gasteiger partial charge in [0.2, 0.25) is 0 Å². The lowest BCUT2D eigenvalue weighted by molar-refractivity contribution is -0.0102. The fourth-order valence-corrected chi connectivity index (χ4v) is 3.11. The first-order chi connectivity index (χ1) is 17.1. The lowest BCUT2D eigenvalue weighted by Crippen LogP contribution is -2.27. The predicted octanol–water partition coefficient (Wildman–Crippen LogP) is 1.57. The first-order valence-corrected chi connectivity index (χ1v) is 12.1. The highest BCUT2D eigenvalue weighted by Crippen LogP contribution is 2.18. The molecule has 0 bridgehead atoms. The predicted molar refractivity (Wildman–Crippen MR) is 133 cm³/mol. The van der Waals surface area contributed by atoms with Crippen LogP contribution in [0, 0.1) is 6.92 Å². The van der Waals surface area contributed by atoms with Gasteiger partial charge in [0.15, 0.2) is 0 Å². The van der Waals surface area contributed by atoms with Crippen LogP contribution in [0.15, 0.2) is 36.7 Å². The third-order valence-corrected chi connectivity index (χ3v) is 5.06. The van der Waals surface area contributed by atoms with E-state index < -0.39 is 0 Å². The number of nitrogens with one attached hydrogen (secondary N) is 1. The zero-order valence-electron chi connectivity index (χ0n) is 20.9. The average molecular weight is 493 g/mol. The maximum absolute atomic E-state index is 12.3. The van der Waals surface area contributed by atoms with Crippen molar-refractivity contribution in [2.45, 2.75) is 19.9 Å². The summed E-state index contributed by atoms with van der Waals surface area (Å²) in [6.45, 7) is 10.1. The molecule has 10 heteroatoms. The molecule has 35 heavy (non-hydrogen) atoms. The van der Waals surface area contributed by atoms with Crippen molar-refractivity contribution in [3.05, 3.63) is 53.3 Å². The molecule has 1 heterocycles. The molecule has 0 fully saturated rings. The van der Waals surface area contributed by atoms with Crippen LogP contribution in [0.4, 0.5) is 0 Å². The molecule has 0 aliphatic rings. The Hall–Kier alpha value is -2.34. The molecular formula is C25H40N4O6. The Kier molecular flexibility index (Phi) is 14.9. The fourth-order valence-electron chi connectivity index (χ4n) is 3.11. The number of ether oxygens (including phenoxy) is 5. The monoisotopic (exact) mass is 492 g/mol. The highest BCUT2D eigenvalue weighted by molar-refractivity contribution is 5.94. The van der Waals surface area contributed by atoms with E-state index in [9.17, 15) is 4.79 Å². The van der Waals surface area contributed by atoms with Gasteiger partial charge in [-0.1, -0.05) is 12.1 Å². The van der Waals surface area contributed by atoms with E-state index in [0.29, 0.717) is 84.7 Å². The van der Waals surface area contributed by atoms with Gasteiger partial charge in [-0.2, -0.15) is 5.10 Å².